The van der Waals surface area contributed by atoms with E-state index in [1.54, 1.807) is 6.26 Å². The molecular weight excluding hydrogens is 276 g/mol. The van der Waals surface area contributed by atoms with Gasteiger partial charge in [0.05, 0.1) is 12.8 Å². The molecule has 0 aliphatic rings. The average Bonchev–Trinajstić information content (AvgIpc) is 3.24. The molecule has 22 heavy (non-hydrogen) atoms. The van der Waals surface area contributed by atoms with Crippen LogP contribution in [0.2, 0.25) is 0 Å². The first kappa shape index (κ1) is 14.2. The highest BCUT2D eigenvalue weighted by molar-refractivity contribution is 5.80. The minimum absolute atomic E-state index is 0.0172. The molecule has 0 fully saturated rings. The van der Waals surface area contributed by atoms with E-state index in [0.717, 1.165) is 11.3 Å². The molecule has 2 aromatic heterocycles. The second-order valence-electron chi connectivity index (χ2n) is 5.13. The zero-order valence-corrected chi connectivity index (χ0v) is 12.2. The van der Waals surface area contributed by atoms with Crippen molar-refractivity contribution in [2.45, 2.75) is 19.0 Å². The van der Waals surface area contributed by atoms with Crippen LogP contribution in [-0.2, 0) is 17.8 Å². The molecule has 1 atom stereocenters. The molecule has 3 aromatic rings. The van der Waals surface area contributed by atoms with Crippen molar-refractivity contribution in [3.63, 3.8) is 0 Å². The Kier molecular flexibility index (Phi) is 4.39. The van der Waals surface area contributed by atoms with Gasteiger partial charge >= 0.3 is 0 Å². The summed E-state index contributed by atoms with van der Waals surface area (Å²) in [6, 6.07) is 17.3. The normalized spacial score (nSPS) is 12.0. The summed E-state index contributed by atoms with van der Waals surface area (Å²) >= 11 is 0. The molecule has 0 saturated carbocycles. The van der Waals surface area contributed by atoms with Crippen LogP contribution in [0.3, 0.4) is 0 Å². The number of amides is 1. The van der Waals surface area contributed by atoms with Gasteiger partial charge in [-0.3, -0.25) is 4.79 Å². The first-order valence-electron chi connectivity index (χ1n) is 7.29. The topological polar surface area (TPSA) is 47.2 Å². The van der Waals surface area contributed by atoms with Crippen LogP contribution in [0.1, 0.15) is 17.4 Å². The van der Waals surface area contributed by atoms with Crippen LogP contribution in [0.15, 0.2) is 77.7 Å². The predicted octanol–water partition coefficient (Wildman–Crippen LogP) is 3.18. The highest BCUT2D eigenvalue weighted by Gasteiger charge is 2.20. The molecule has 112 valence electrons. The van der Waals surface area contributed by atoms with Crippen LogP contribution in [0.25, 0.3) is 0 Å². The van der Waals surface area contributed by atoms with Gasteiger partial charge in [-0.25, -0.2) is 0 Å². The summed E-state index contributed by atoms with van der Waals surface area (Å²) < 4.78 is 7.19. The molecule has 1 N–H and O–H groups in total. The lowest BCUT2D eigenvalue weighted by Crippen LogP contribution is -2.33. The SMILES string of the molecule is O=C(NCc1ccco1)[C@H](Cc1ccccc1)n1cccc1. The maximum absolute atomic E-state index is 12.6. The van der Waals surface area contributed by atoms with Crippen molar-refractivity contribution in [1.82, 2.24) is 9.88 Å². The van der Waals surface area contributed by atoms with Gasteiger partial charge in [0.2, 0.25) is 5.91 Å². The van der Waals surface area contributed by atoms with Crippen molar-refractivity contribution < 1.29 is 9.21 Å². The number of furan rings is 1. The van der Waals surface area contributed by atoms with Crippen LogP contribution in [0, 0.1) is 0 Å². The molecule has 4 heteroatoms. The van der Waals surface area contributed by atoms with Gasteiger partial charge in [-0.05, 0) is 29.8 Å². The smallest absolute Gasteiger partial charge is 0.243 e. The molecule has 0 aliphatic heterocycles. The van der Waals surface area contributed by atoms with Crippen LogP contribution in [0.5, 0.6) is 0 Å². The summed E-state index contributed by atoms with van der Waals surface area (Å²) in [6.45, 7) is 0.401. The Balaban J connectivity index is 1.72. The number of nitrogens with one attached hydrogen (secondary N) is 1. The molecule has 3 rings (SSSR count). The van der Waals surface area contributed by atoms with Gasteiger partial charge < -0.3 is 14.3 Å². The summed E-state index contributed by atoms with van der Waals surface area (Å²) in [5.41, 5.74) is 1.13. The average molecular weight is 294 g/mol. The predicted molar refractivity (Wildman–Crippen MR) is 84.2 cm³/mol. The third-order valence-corrected chi connectivity index (χ3v) is 3.58. The van der Waals surface area contributed by atoms with E-state index < -0.39 is 0 Å². The Bertz CT molecular complexity index is 688. The highest BCUT2D eigenvalue weighted by atomic mass is 16.3. The van der Waals surface area contributed by atoms with E-state index in [1.165, 1.54) is 0 Å². The fourth-order valence-electron chi connectivity index (χ4n) is 2.43. The van der Waals surface area contributed by atoms with E-state index >= 15 is 0 Å². The van der Waals surface area contributed by atoms with Crippen LogP contribution in [0.4, 0.5) is 0 Å². The number of nitrogens with zero attached hydrogens (tertiary/aromatic N) is 1. The molecule has 4 nitrogen and oxygen atoms in total. The van der Waals surface area contributed by atoms with E-state index in [0.29, 0.717) is 13.0 Å². The maximum Gasteiger partial charge on any atom is 0.243 e. The zero-order valence-electron chi connectivity index (χ0n) is 12.2. The molecule has 1 amide bonds. The van der Waals surface area contributed by atoms with Crippen molar-refractivity contribution in [3.8, 4) is 0 Å². The van der Waals surface area contributed by atoms with Crippen LogP contribution >= 0.6 is 0 Å². The van der Waals surface area contributed by atoms with Crippen molar-refractivity contribution in [2.24, 2.45) is 0 Å². The first-order valence-corrected chi connectivity index (χ1v) is 7.29. The number of aromatic nitrogens is 1. The molecule has 0 radical (unpaired) electrons. The highest BCUT2D eigenvalue weighted by Crippen LogP contribution is 2.15. The monoisotopic (exact) mass is 294 g/mol. The maximum atomic E-state index is 12.6. The van der Waals surface area contributed by atoms with Gasteiger partial charge in [0, 0.05) is 18.8 Å². The first-order chi connectivity index (χ1) is 10.8. The molecule has 0 spiro atoms. The molecule has 2 heterocycles. The molecule has 0 unspecified atom stereocenters. The number of hydrogen-bond acceptors (Lipinski definition) is 2. The number of hydrogen-bond donors (Lipinski definition) is 1. The summed E-state index contributed by atoms with van der Waals surface area (Å²) in [4.78, 5) is 12.6. The van der Waals surface area contributed by atoms with E-state index in [4.69, 9.17) is 4.42 Å². The Morgan fingerprint density at radius 3 is 2.50 bits per heavy atom. The minimum atomic E-state index is -0.271. The van der Waals surface area contributed by atoms with Gasteiger partial charge in [-0.1, -0.05) is 30.3 Å². The van der Waals surface area contributed by atoms with E-state index in [-0.39, 0.29) is 11.9 Å². The van der Waals surface area contributed by atoms with Crippen molar-refractivity contribution in [3.05, 3.63) is 84.6 Å². The minimum Gasteiger partial charge on any atom is -0.467 e. The molecular formula is C18H18N2O2. The molecule has 0 bridgehead atoms. The van der Waals surface area contributed by atoms with Gasteiger partial charge in [0.25, 0.3) is 0 Å². The zero-order chi connectivity index (χ0) is 15.2. The second-order valence-corrected chi connectivity index (χ2v) is 5.13. The lowest BCUT2D eigenvalue weighted by Gasteiger charge is -2.18. The number of carbonyl (C=O) groups excluding carboxylic acids is 1. The Hall–Kier alpha value is -2.75. The fourth-order valence-corrected chi connectivity index (χ4v) is 2.43. The van der Waals surface area contributed by atoms with Crippen LogP contribution in [-0.4, -0.2) is 10.5 Å². The van der Waals surface area contributed by atoms with Crippen molar-refractivity contribution in [2.75, 3.05) is 0 Å². The largest absolute Gasteiger partial charge is 0.467 e. The van der Waals surface area contributed by atoms with Gasteiger partial charge in [-0.2, -0.15) is 0 Å². The molecule has 0 saturated heterocycles. The molecule has 0 aliphatic carbocycles. The van der Waals surface area contributed by atoms with E-state index in [1.807, 2.05) is 71.6 Å². The van der Waals surface area contributed by atoms with Gasteiger partial charge in [0.1, 0.15) is 11.8 Å². The number of carbonyl (C=O) groups is 1. The van der Waals surface area contributed by atoms with Crippen molar-refractivity contribution >= 4 is 5.91 Å². The lowest BCUT2D eigenvalue weighted by molar-refractivity contribution is -0.124. The Morgan fingerprint density at radius 1 is 1.05 bits per heavy atom. The summed E-state index contributed by atoms with van der Waals surface area (Å²) in [5, 5.41) is 2.94. The fraction of sp³-hybridized carbons (Fsp3) is 0.167. The van der Waals surface area contributed by atoms with Gasteiger partial charge in [-0.15, -0.1) is 0 Å². The third-order valence-electron chi connectivity index (χ3n) is 3.58. The van der Waals surface area contributed by atoms with E-state index in [2.05, 4.69) is 5.32 Å². The molecule has 1 aromatic carbocycles. The number of rotatable bonds is 6. The summed E-state index contributed by atoms with van der Waals surface area (Å²) in [7, 11) is 0. The standard InChI is InChI=1S/C18H18N2O2/c21-18(19-14-16-9-6-12-22-16)17(20-10-4-5-11-20)13-15-7-2-1-3-8-15/h1-12,17H,13-14H2,(H,19,21)/t17-/m0/s1. The lowest BCUT2D eigenvalue weighted by atomic mass is 10.1. The third kappa shape index (κ3) is 3.47. The second kappa shape index (κ2) is 6.80. The van der Waals surface area contributed by atoms with Crippen LogP contribution < -0.4 is 5.32 Å². The number of benzene rings is 1. The summed E-state index contributed by atoms with van der Waals surface area (Å²) in [5.74, 6) is 0.732. The van der Waals surface area contributed by atoms with Crippen molar-refractivity contribution in [1.29, 1.82) is 0 Å². The Labute approximate surface area is 129 Å². The summed E-state index contributed by atoms with van der Waals surface area (Å²) in [6.07, 6.45) is 6.09. The van der Waals surface area contributed by atoms with Gasteiger partial charge in [0.15, 0.2) is 0 Å². The van der Waals surface area contributed by atoms with E-state index in [9.17, 15) is 4.79 Å². The Morgan fingerprint density at radius 2 is 1.82 bits per heavy atom. The quantitative estimate of drug-likeness (QED) is 0.759.